The topological polar surface area (TPSA) is 83.9 Å². The van der Waals surface area contributed by atoms with Crippen LogP contribution in [0.4, 0.5) is 10.3 Å². The molecule has 1 N–H and O–H groups in total. The van der Waals surface area contributed by atoms with Crippen LogP contribution < -0.4 is 5.32 Å². The molecule has 1 saturated heterocycles. The minimum Gasteiger partial charge on any atom is -0.349 e. The van der Waals surface area contributed by atoms with Gasteiger partial charge in [-0.15, -0.1) is 0 Å². The van der Waals surface area contributed by atoms with Gasteiger partial charge in [0.15, 0.2) is 5.82 Å². The summed E-state index contributed by atoms with van der Waals surface area (Å²) in [4.78, 5) is 32.4. The minimum absolute atomic E-state index is 0.0435. The molecule has 2 aromatic heterocycles. The Balaban J connectivity index is 1.41. The molecular formula is C22H21FN6O. The van der Waals surface area contributed by atoms with Crippen molar-refractivity contribution in [3.63, 3.8) is 0 Å². The lowest BCUT2D eigenvalue weighted by Crippen LogP contribution is -2.48. The molecule has 2 aliphatic rings. The van der Waals surface area contributed by atoms with Gasteiger partial charge in [-0.3, -0.25) is 4.79 Å². The highest BCUT2D eigenvalue weighted by Gasteiger charge is 2.47. The monoisotopic (exact) mass is 404 g/mol. The Hall–Kier alpha value is -3.42. The molecule has 0 radical (unpaired) electrons. The number of carbonyl (C=O) groups is 1. The zero-order chi connectivity index (χ0) is 20.7. The van der Waals surface area contributed by atoms with E-state index in [0.717, 1.165) is 18.4 Å². The van der Waals surface area contributed by atoms with Gasteiger partial charge in [0, 0.05) is 42.9 Å². The summed E-state index contributed by atoms with van der Waals surface area (Å²) in [7, 11) is 0. The average Bonchev–Trinajstić information content (AvgIpc) is 3.36. The second-order valence-corrected chi connectivity index (χ2v) is 7.96. The van der Waals surface area contributed by atoms with Gasteiger partial charge in [0.1, 0.15) is 5.82 Å². The van der Waals surface area contributed by atoms with Gasteiger partial charge in [0.2, 0.25) is 5.95 Å². The zero-order valence-electron chi connectivity index (χ0n) is 16.5. The van der Waals surface area contributed by atoms with Crippen LogP contribution in [0, 0.1) is 18.7 Å². The van der Waals surface area contributed by atoms with Crippen molar-refractivity contribution in [2.24, 2.45) is 5.92 Å². The molecule has 5 rings (SSSR count). The summed E-state index contributed by atoms with van der Waals surface area (Å²) in [5.74, 6) is 0.797. The van der Waals surface area contributed by atoms with Crippen molar-refractivity contribution in [2.45, 2.75) is 31.8 Å². The summed E-state index contributed by atoms with van der Waals surface area (Å²) in [6.07, 6.45) is 8.63. The van der Waals surface area contributed by atoms with Crippen LogP contribution in [0.2, 0.25) is 0 Å². The van der Waals surface area contributed by atoms with Crippen LogP contribution in [-0.4, -0.2) is 49.4 Å². The molecular weight excluding hydrogens is 383 g/mol. The Labute approximate surface area is 173 Å². The van der Waals surface area contributed by atoms with Gasteiger partial charge >= 0.3 is 0 Å². The summed E-state index contributed by atoms with van der Waals surface area (Å²) in [6.45, 7) is 2.64. The summed E-state index contributed by atoms with van der Waals surface area (Å²) in [6, 6.07) is 5.99. The number of aryl methyl sites for hydroxylation is 1. The number of rotatable bonds is 4. The third-order valence-electron chi connectivity index (χ3n) is 5.86. The molecule has 1 saturated carbocycles. The van der Waals surface area contributed by atoms with Gasteiger partial charge in [0.25, 0.3) is 5.91 Å². The molecule has 0 spiro atoms. The predicted octanol–water partition coefficient (Wildman–Crippen LogP) is 3.10. The van der Waals surface area contributed by atoms with E-state index in [-0.39, 0.29) is 18.0 Å². The summed E-state index contributed by atoms with van der Waals surface area (Å²) in [5.41, 5.74) is 1.83. The number of carbonyl (C=O) groups excluding carboxylic acids is 1. The van der Waals surface area contributed by atoms with Crippen molar-refractivity contribution in [3.05, 3.63) is 66.0 Å². The molecule has 3 aromatic rings. The number of aromatic nitrogens is 4. The van der Waals surface area contributed by atoms with Gasteiger partial charge in [-0.25, -0.2) is 24.3 Å². The van der Waals surface area contributed by atoms with Crippen LogP contribution in [0.25, 0.3) is 11.4 Å². The quantitative estimate of drug-likeness (QED) is 0.719. The van der Waals surface area contributed by atoms with Crippen molar-refractivity contribution in [1.82, 2.24) is 24.8 Å². The highest BCUT2D eigenvalue weighted by molar-refractivity contribution is 6.00. The fourth-order valence-corrected chi connectivity index (χ4v) is 4.53. The highest BCUT2D eigenvalue weighted by Crippen LogP contribution is 2.40. The minimum atomic E-state index is -0.423. The van der Waals surface area contributed by atoms with Crippen LogP contribution in [0.1, 0.15) is 28.8 Å². The molecule has 1 aliphatic carbocycles. The van der Waals surface area contributed by atoms with Gasteiger partial charge in [-0.1, -0.05) is 0 Å². The van der Waals surface area contributed by atoms with Crippen LogP contribution in [0.15, 0.2) is 49.1 Å². The van der Waals surface area contributed by atoms with Crippen LogP contribution >= 0.6 is 0 Å². The van der Waals surface area contributed by atoms with E-state index in [9.17, 15) is 9.18 Å². The SMILES string of the molecule is Cc1cnc(NC2CC3CC2N(C(=O)c2ccc(F)cc2-c2ncccn2)C3)nc1. The lowest BCUT2D eigenvalue weighted by molar-refractivity contribution is 0.0692. The Bertz CT molecular complexity index is 1070. The molecule has 7 nitrogen and oxygen atoms in total. The first-order valence-corrected chi connectivity index (χ1v) is 10.0. The van der Waals surface area contributed by atoms with Crippen LogP contribution in [-0.2, 0) is 0 Å². The molecule has 1 aliphatic heterocycles. The third-order valence-corrected chi connectivity index (χ3v) is 5.86. The van der Waals surface area contributed by atoms with Crippen molar-refractivity contribution < 1.29 is 9.18 Å². The number of anilines is 1. The normalized spacial score (nSPS) is 22.3. The van der Waals surface area contributed by atoms with E-state index in [2.05, 4.69) is 25.3 Å². The fourth-order valence-electron chi connectivity index (χ4n) is 4.53. The van der Waals surface area contributed by atoms with E-state index >= 15 is 0 Å². The Morgan fingerprint density at radius 3 is 2.63 bits per heavy atom. The van der Waals surface area contributed by atoms with Crippen molar-refractivity contribution in [3.8, 4) is 11.4 Å². The lowest BCUT2D eigenvalue weighted by atomic mass is 10.0. The van der Waals surface area contributed by atoms with Crippen LogP contribution in [0.5, 0.6) is 0 Å². The van der Waals surface area contributed by atoms with E-state index in [1.165, 1.54) is 18.2 Å². The number of nitrogens with zero attached hydrogens (tertiary/aromatic N) is 5. The molecule has 30 heavy (non-hydrogen) atoms. The molecule has 2 bridgehead atoms. The number of piperidine rings is 1. The van der Waals surface area contributed by atoms with Gasteiger partial charge < -0.3 is 10.2 Å². The second kappa shape index (κ2) is 7.44. The Morgan fingerprint density at radius 1 is 1.13 bits per heavy atom. The predicted molar refractivity (Wildman–Crippen MR) is 109 cm³/mol. The second-order valence-electron chi connectivity index (χ2n) is 7.96. The van der Waals surface area contributed by atoms with Crippen molar-refractivity contribution in [2.75, 3.05) is 11.9 Å². The fraction of sp³-hybridized carbons (Fsp3) is 0.318. The first kappa shape index (κ1) is 18.6. The number of hydrogen-bond donors (Lipinski definition) is 1. The van der Waals surface area contributed by atoms with Gasteiger partial charge in [-0.2, -0.15) is 0 Å². The van der Waals surface area contributed by atoms with E-state index in [4.69, 9.17) is 0 Å². The van der Waals surface area contributed by atoms with Crippen molar-refractivity contribution >= 4 is 11.9 Å². The number of benzene rings is 1. The highest BCUT2D eigenvalue weighted by atomic mass is 19.1. The van der Waals surface area contributed by atoms with E-state index in [1.807, 2.05) is 11.8 Å². The van der Waals surface area contributed by atoms with E-state index in [1.54, 1.807) is 30.9 Å². The molecule has 1 amide bonds. The molecule has 8 heteroatoms. The van der Waals surface area contributed by atoms with E-state index in [0.29, 0.717) is 35.4 Å². The summed E-state index contributed by atoms with van der Waals surface area (Å²) < 4.78 is 14.0. The maximum absolute atomic E-state index is 14.0. The standard InChI is InChI=1S/C22H21FN6O/c1-13-10-26-22(27-11-13)28-18-7-14-8-19(18)29(12-14)21(30)16-4-3-15(23)9-17(16)20-24-5-2-6-25-20/h2-6,9-11,14,18-19H,7-8,12H2,1H3,(H,26,27,28). The van der Waals surface area contributed by atoms with E-state index < -0.39 is 5.82 Å². The lowest BCUT2D eigenvalue weighted by Gasteiger charge is -2.34. The molecule has 1 aromatic carbocycles. The van der Waals surface area contributed by atoms with Gasteiger partial charge in [-0.05, 0) is 55.5 Å². The molecule has 3 unspecified atom stereocenters. The molecule has 2 fully saturated rings. The average molecular weight is 404 g/mol. The Kier molecular flexibility index (Phi) is 4.61. The number of halogens is 1. The first-order valence-electron chi connectivity index (χ1n) is 10.0. The number of nitrogens with one attached hydrogen (secondary N) is 1. The van der Waals surface area contributed by atoms with Crippen molar-refractivity contribution in [1.29, 1.82) is 0 Å². The molecule has 3 heterocycles. The maximum Gasteiger partial charge on any atom is 0.254 e. The molecule has 3 atom stereocenters. The summed E-state index contributed by atoms with van der Waals surface area (Å²) in [5, 5.41) is 3.39. The summed E-state index contributed by atoms with van der Waals surface area (Å²) >= 11 is 0. The van der Waals surface area contributed by atoms with Crippen LogP contribution in [0.3, 0.4) is 0 Å². The smallest absolute Gasteiger partial charge is 0.254 e. The number of likely N-dealkylation sites (tertiary alicyclic amines) is 1. The number of fused-ring (bicyclic) bond motifs is 2. The Morgan fingerprint density at radius 2 is 1.90 bits per heavy atom. The number of hydrogen-bond acceptors (Lipinski definition) is 6. The first-order chi connectivity index (χ1) is 14.6. The number of amides is 1. The van der Waals surface area contributed by atoms with Gasteiger partial charge in [0.05, 0.1) is 11.6 Å². The molecule has 152 valence electrons. The zero-order valence-corrected chi connectivity index (χ0v) is 16.5. The largest absolute Gasteiger partial charge is 0.349 e. The maximum atomic E-state index is 14.0. The third kappa shape index (κ3) is 3.38.